The van der Waals surface area contributed by atoms with Gasteiger partial charge in [-0.15, -0.1) is 11.8 Å². The molecule has 1 aliphatic heterocycles. The van der Waals surface area contributed by atoms with Crippen LogP contribution in [-0.4, -0.2) is 21.6 Å². The van der Waals surface area contributed by atoms with E-state index in [0.29, 0.717) is 5.69 Å². The average Bonchev–Trinajstić information content (AvgIpc) is 2.95. The Morgan fingerprint density at radius 3 is 3.14 bits per heavy atom. The van der Waals surface area contributed by atoms with Gasteiger partial charge in [-0.3, -0.25) is 4.68 Å². The lowest BCUT2D eigenvalue weighted by Crippen LogP contribution is -2.34. The summed E-state index contributed by atoms with van der Waals surface area (Å²) >= 11 is 1.84. The maximum Gasteiger partial charge on any atom is 0.319 e. The van der Waals surface area contributed by atoms with E-state index in [0.717, 1.165) is 18.7 Å². The normalized spacial score (nSPS) is 17.1. The first kappa shape index (κ1) is 14.0. The number of carbonyl (C=O) groups excluding carboxylic acids is 1. The van der Waals surface area contributed by atoms with Gasteiger partial charge in [0.15, 0.2) is 0 Å². The summed E-state index contributed by atoms with van der Waals surface area (Å²) in [5, 5.41) is 10.0. The highest BCUT2D eigenvalue weighted by Crippen LogP contribution is 2.35. The third kappa shape index (κ3) is 3.21. The monoisotopic (exact) mass is 302 g/mol. The molecule has 1 aliphatic rings. The van der Waals surface area contributed by atoms with E-state index < -0.39 is 0 Å². The van der Waals surface area contributed by atoms with Crippen LogP contribution in [0.25, 0.3) is 0 Å². The molecule has 2 N–H and O–H groups in total. The van der Waals surface area contributed by atoms with Crippen LogP contribution in [0.3, 0.4) is 0 Å². The molecule has 1 unspecified atom stereocenters. The third-order valence-electron chi connectivity index (χ3n) is 3.48. The lowest BCUT2D eigenvalue weighted by molar-refractivity contribution is 0.248. The molecule has 0 saturated carbocycles. The Morgan fingerprint density at radius 2 is 2.33 bits per heavy atom. The fourth-order valence-corrected chi connectivity index (χ4v) is 3.54. The molecule has 2 heterocycles. The molecule has 0 radical (unpaired) electrons. The van der Waals surface area contributed by atoms with E-state index in [4.69, 9.17) is 0 Å². The lowest BCUT2D eigenvalue weighted by Gasteiger charge is -2.25. The van der Waals surface area contributed by atoms with Crippen LogP contribution in [0.5, 0.6) is 0 Å². The first-order chi connectivity index (χ1) is 10.3. The minimum atomic E-state index is -0.183. The predicted octanol–water partition coefficient (Wildman–Crippen LogP) is 3.26. The van der Waals surface area contributed by atoms with E-state index in [9.17, 15) is 4.79 Å². The van der Waals surface area contributed by atoms with Gasteiger partial charge in [-0.25, -0.2) is 4.79 Å². The van der Waals surface area contributed by atoms with Crippen LogP contribution < -0.4 is 10.6 Å². The van der Waals surface area contributed by atoms with Gasteiger partial charge in [-0.1, -0.05) is 18.2 Å². The number of anilines is 1. The van der Waals surface area contributed by atoms with Crippen molar-refractivity contribution in [3.8, 4) is 0 Å². The topological polar surface area (TPSA) is 59.0 Å². The molecule has 3 rings (SSSR count). The van der Waals surface area contributed by atoms with Crippen LogP contribution in [-0.2, 0) is 6.54 Å². The number of nitrogens with zero attached hydrogens (tertiary/aromatic N) is 2. The second kappa shape index (κ2) is 6.22. The van der Waals surface area contributed by atoms with E-state index >= 15 is 0 Å². The number of nitrogens with one attached hydrogen (secondary N) is 2. The highest BCUT2D eigenvalue weighted by molar-refractivity contribution is 7.99. The third-order valence-corrected chi connectivity index (χ3v) is 4.60. The maximum atomic E-state index is 12.1. The van der Waals surface area contributed by atoms with E-state index in [1.54, 1.807) is 10.9 Å². The van der Waals surface area contributed by atoms with Crippen molar-refractivity contribution >= 4 is 23.5 Å². The quantitative estimate of drug-likeness (QED) is 0.915. The number of aryl methyl sites for hydroxylation is 1. The molecule has 0 spiro atoms. The maximum absolute atomic E-state index is 12.1. The Labute approximate surface area is 128 Å². The smallest absolute Gasteiger partial charge is 0.319 e. The molecule has 1 aromatic heterocycles. The number of benzene rings is 1. The zero-order chi connectivity index (χ0) is 14.7. The van der Waals surface area contributed by atoms with Crippen molar-refractivity contribution < 1.29 is 4.79 Å². The molecule has 1 atom stereocenters. The minimum absolute atomic E-state index is 0.0728. The van der Waals surface area contributed by atoms with Crippen LogP contribution in [0.4, 0.5) is 10.5 Å². The number of hydrogen-bond donors (Lipinski definition) is 2. The number of carbonyl (C=O) groups is 1. The Bertz CT molecular complexity index is 640. The summed E-state index contributed by atoms with van der Waals surface area (Å²) in [5.74, 6) is 1.02. The summed E-state index contributed by atoms with van der Waals surface area (Å²) in [6.45, 7) is 2.80. The molecule has 0 bridgehead atoms. The molecule has 1 aromatic carbocycles. The summed E-state index contributed by atoms with van der Waals surface area (Å²) in [4.78, 5) is 13.4. The van der Waals surface area contributed by atoms with Gasteiger partial charge in [0.05, 0.1) is 17.9 Å². The predicted molar refractivity (Wildman–Crippen MR) is 84.6 cm³/mol. The average molecular weight is 302 g/mol. The van der Waals surface area contributed by atoms with E-state index in [2.05, 4.69) is 27.9 Å². The number of aromatic nitrogens is 2. The Balaban J connectivity index is 1.65. The number of hydrogen-bond acceptors (Lipinski definition) is 3. The molecule has 21 heavy (non-hydrogen) atoms. The highest BCUT2D eigenvalue weighted by atomic mass is 32.2. The number of urea groups is 1. The van der Waals surface area contributed by atoms with Gasteiger partial charge >= 0.3 is 6.03 Å². The first-order valence-electron chi connectivity index (χ1n) is 7.08. The second-order valence-corrected chi connectivity index (χ2v) is 6.05. The van der Waals surface area contributed by atoms with Crippen molar-refractivity contribution in [2.75, 3.05) is 11.1 Å². The van der Waals surface area contributed by atoms with Crippen LogP contribution in [0.2, 0.25) is 0 Å². The molecular weight excluding hydrogens is 284 g/mol. The van der Waals surface area contributed by atoms with Crippen LogP contribution >= 0.6 is 11.8 Å². The summed E-state index contributed by atoms with van der Waals surface area (Å²) in [7, 11) is 0. The fraction of sp³-hybridized carbons (Fsp3) is 0.333. The van der Waals surface area contributed by atoms with Crippen molar-refractivity contribution in [1.29, 1.82) is 0 Å². The largest absolute Gasteiger partial charge is 0.331 e. The number of thioether (sulfide) groups is 1. The fourth-order valence-electron chi connectivity index (χ4n) is 2.42. The molecule has 6 heteroatoms. The molecule has 2 aromatic rings. The van der Waals surface area contributed by atoms with Gasteiger partial charge in [-0.2, -0.15) is 5.10 Å². The summed E-state index contributed by atoms with van der Waals surface area (Å²) in [6, 6.07) is 8.13. The van der Waals surface area contributed by atoms with E-state index in [1.165, 1.54) is 10.5 Å². The number of rotatable bonds is 3. The second-order valence-electron chi connectivity index (χ2n) is 4.91. The number of amides is 2. The molecule has 5 nitrogen and oxygen atoms in total. The number of fused-ring (bicyclic) bond motifs is 1. The van der Waals surface area contributed by atoms with Gasteiger partial charge in [0.1, 0.15) is 0 Å². The molecule has 110 valence electrons. The van der Waals surface area contributed by atoms with Crippen LogP contribution in [0, 0.1) is 0 Å². The standard InChI is InChI=1S/C15H18N4OS/c1-2-19-10-11(9-16-19)17-15(20)18-13-7-8-21-14-6-4-3-5-12(13)14/h3-6,9-10,13H,2,7-8H2,1H3,(H2,17,18,20). The Kier molecular flexibility index (Phi) is 4.15. The lowest BCUT2D eigenvalue weighted by atomic mass is 10.0. The van der Waals surface area contributed by atoms with E-state index in [-0.39, 0.29) is 12.1 Å². The molecular formula is C15H18N4OS. The molecule has 2 amide bonds. The molecule has 0 fully saturated rings. The van der Waals surface area contributed by atoms with Crippen LogP contribution in [0.1, 0.15) is 24.9 Å². The van der Waals surface area contributed by atoms with Crippen molar-refractivity contribution in [2.45, 2.75) is 30.8 Å². The van der Waals surface area contributed by atoms with Gasteiger partial charge < -0.3 is 10.6 Å². The van der Waals surface area contributed by atoms with Gasteiger partial charge in [0.25, 0.3) is 0 Å². The molecule has 0 aliphatic carbocycles. The van der Waals surface area contributed by atoms with Crippen LogP contribution in [0.15, 0.2) is 41.6 Å². The SMILES string of the molecule is CCn1cc(NC(=O)NC2CCSc3ccccc32)cn1. The Morgan fingerprint density at radius 1 is 1.48 bits per heavy atom. The summed E-state index contributed by atoms with van der Waals surface area (Å²) in [6.07, 6.45) is 4.43. The van der Waals surface area contributed by atoms with Crippen molar-refractivity contribution in [3.63, 3.8) is 0 Å². The van der Waals surface area contributed by atoms with Crippen molar-refractivity contribution in [1.82, 2.24) is 15.1 Å². The van der Waals surface area contributed by atoms with Gasteiger partial charge in [-0.05, 0) is 25.0 Å². The zero-order valence-electron chi connectivity index (χ0n) is 11.9. The summed E-state index contributed by atoms with van der Waals surface area (Å²) in [5.41, 5.74) is 1.92. The van der Waals surface area contributed by atoms with Gasteiger partial charge in [0, 0.05) is 23.4 Å². The molecule has 0 saturated heterocycles. The van der Waals surface area contributed by atoms with Gasteiger partial charge in [0.2, 0.25) is 0 Å². The Hall–Kier alpha value is -1.95. The van der Waals surface area contributed by atoms with Crippen molar-refractivity contribution in [2.24, 2.45) is 0 Å². The zero-order valence-corrected chi connectivity index (χ0v) is 12.7. The summed E-state index contributed by atoms with van der Waals surface area (Å²) < 4.78 is 1.78. The minimum Gasteiger partial charge on any atom is -0.331 e. The highest BCUT2D eigenvalue weighted by Gasteiger charge is 2.21. The van der Waals surface area contributed by atoms with Crippen molar-refractivity contribution in [3.05, 3.63) is 42.2 Å². The first-order valence-corrected chi connectivity index (χ1v) is 8.06. The van der Waals surface area contributed by atoms with E-state index in [1.807, 2.05) is 37.0 Å².